The van der Waals surface area contributed by atoms with Crippen molar-refractivity contribution in [1.82, 2.24) is 14.7 Å². The second kappa shape index (κ2) is 7.76. The number of hydrogen-bond acceptors (Lipinski definition) is 4. The maximum absolute atomic E-state index is 12.2. The van der Waals surface area contributed by atoms with Crippen LogP contribution >= 0.6 is 0 Å². The summed E-state index contributed by atoms with van der Waals surface area (Å²) in [5, 5.41) is 0. The van der Waals surface area contributed by atoms with Crippen LogP contribution in [0.3, 0.4) is 0 Å². The fourth-order valence-corrected chi connectivity index (χ4v) is 2.55. The van der Waals surface area contributed by atoms with E-state index in [4.69, 9.17) is 4.74 Å². The molecule has 0 N–H and O–H groups in total. The summed E-state index contributed by atoms with van der Waals surface area (Å²) < 4.78 is 5.28. The number of nitrogens with zero attached hydrogens (tertiary/aromatic N) is 3. The first-order chi connectivity index (χ1) is 9.65. The van der Waals surface area contributed by atoms with Crippen LogP contribution in [0.2, 0.25) is 0 Å². The Kier molecular flexibility index (Phi) is 6.01. The molecule has 2 fully saturated rings. The third-order valence-electron chi connectivity index (χ3n) is 3.95. The van der Waals surface area contributed by atoms with Gasteiger partial charge in [-0.2, -0.15) is 0 Å². The molecule has 0 aromatic rings. The van der Waals surface area contributed by atoms with E-state index in [2.05, 4.69) is 29.7 Å². The summed E-state index contributed by atoms with van der Waals surface area (Å²) in [6.07, 6.45) is 2.27. The Morgan fingerprint density at radius 1 is 1.00 bits per heavy atom. The van der Waals surface area contributed by atoms with Crippen molar-refractivity contribution in [2.45, 2.75) is 13.8 Å². The number of carbonyl (C=O) groups excluding carboxylic acids is 1. The van der Waals surface area contributed by atoms with E-state index in [9.17, 15) is 4.79 Å². The zero-order valence-electron chi connectivity index (χ0n) is 12.8. The van der Waals surface area contributed by atoms with Gasteiger partial charge in [0.15, 0.2) is 0 Å². The molecule has 2 aliphatic heterocycles. The Morgan fingerprint density at radius 2 is 1.60 bits per heavy atom. The SMILES string of the molecule is CC(C)=CCN1CCN(CC(=O)N2CCOCC2)CC1. The smallest absolute Gasteiger partial charge is 0.236 e. The van der Waals surface area contributed by atoms with Gasteiger partial charge in [-0.1, -0.05) is 11.6 Å². The van der Waals surface area contributed by atoms with E-state index in [1.165, 1.54) is 5.57 Å². The van der Waals surface area contributed by atoms with Crippen LogP contribution in [-0.2, 0) is 9.53 Å². The molecule has 2 aliphatic rings. The number of amides is 1. The minimum absolute atomic E-state index is 0.256. The molecule has 2 saturated heterocycles. The molecule has 0 saturated carbocycles. The summed E-state index contributed by atoms with van der Waals surface area (Å²) in [4.78, 5) is 18.8. The second-order valence-corrected chi connectivity index (χ2v) is 5.85. The van der Waals surface area contributed by atoms with Gasteiger partial charge in [-0.3, -0.25) is 14.6 Å². The van der Waals surface area contributed by atoms with E-state index < -0.39 is 0 Å². The zero-order valence-corrected chi connectivity index (χ0v) is 12.8. The highest BCUT2D eigenvalue weighted by Gasteiger charge is 2.22. The number of ether oxygens (including phenoxy) is 1. The van der Waals surface area contributed by atoms with E-state index >= 15 is 0 Å². The molecule has 0 aromatic carbocycles. The summed E-state index contributed by atoms with van der Waals surface area (Å²) in [5.74, 6) is 0.256. The molecule has 0 spiro atoms. The van der Waals surface area contributed by atoms with Gasteiger partial charge in [-0.05, 0) is 13.8 Å². The highest BCUT2D eigenvalue weighted by Crippen LogP contribution is 2.05. The van der Waals surface area contributed by atoms with E-state index in [-0.39, 0.29) is 5.91 Å². The van der Waals surface area contributed by atoms with E-state index in [1.54, 1.807) is 0 Å². The molecule has 114 valence electrons. The van der Waals surface area contributed by atoms with E-state index in [0.29, 0.717) is 19.8 Å². The van der Waals surface area contributed by atoms with Crippen molar-refractivity contribution in [1.29, 1.82) is 0 Å². The molecule has 0 unspecified atom stereocenters. The van der Waals surface area contributed by atoms with Crippen LogP contribution in [0, 0.1) is 0 Å². The van der Waals surface area contributed by atoms with Crippen LogP contribution in [0.5, 0.6) is 0 Å². The van der Waals surface area contributed by atoms with Gasteiger partial charge in [0.2, 0.25) is 5.91 Å². The van der Waals surface area contributed by atoms with Crippen molar-refractivity contribution in [3.8, 4) is 0 Å². The Labute approximate surface area is 122 Å². The number of rotatable bonds is 4. The monoisotopic (exact) mass is 281 g/mol. The standard InChI is InChI=1S/C15H27N3O2/c1-14(2)3-4-16-5-7-17(8-6-16)13-15(19)18-9-11-20-12-10-18/h3H,4-13H2,1-2H3. The number of morpholine rings is 1. The predicted octanol–water partition coefficient (Wildman–Crippen LogP) is 0.429. The number of piperazine rings is 1. The molecular formula is C15H27N3O2. The topological polar surface area (TPSA) is 36.0 Å². The molecule has 5 nitrogen and oxygen atoms in total. The quantitative estimate of drug-likeness (QED) is 0.700. The molecule has 0 atom stereocenters. The number of hydrogen-bond donors (Lipinski definition) is 0. The maximum Gasteiger partial charge on any atom is 0.236 e. The Hall–Kier alpha value is -0.910. The normalized spacial score (nSPS) is 21.8. The van der Waals surface area contributed by atoms with Crippen molar-refractivity contribution in [3.05, 3.63) is 11.6 Å². The second-order valence-electron chi connectivity index (χ2n) is 5.85. The van der Waals surface area contributed by atoms with Crippen LogP contribution < -0.4 is 0 Å². The lowest BCUT2D eigenvalue weighted by molar-refractivity contribution is -0.136. The molecule has 2 heterocycles. The Balaban J connectivity index is 1.68. The first-order valence-corrected chi connectivity index (χ1v) is 7.59. The van der Waals surface area contributed by atoms with Crippen LogP contribution in [0.15, 0.2) is 11.6 Å². The minimum Gasteiger partial charge on any atom is -0.378 e. The highest BCUT2D eigenvalue weighted by molar-refractivity contribution is 5.78. The lowest BCUT2D eigenvalue weighted by Gasteiger charge is -2.35. The largest absolute Gasteiger partial charge is 0.378 e. The van der Waals surface area contributed by atoms with Crippen molar-refractivity contribution in [3.63, 3.8) is 0 Å². The third-order valence-corrected chi connectivity index (χ3v) is 3.95. The first kappa shape index (κ1) is 15.5. The molecular weight excluding hydrogens is 254 g/mol. The van der Waals surface area contributed by atoms with Gasteiger partial charge in [-0.25, -0.2) is 0 Å². The number of allylic oxidation sites excluding steroid dienone is 1. The zero-order chi connectivity index (χ0) is 14.4. The molecule has 0 aliphatic carbocycles. The summed E-state index contributed by atoms with van der Waals surface area (Å²) in [6, 6.07) is 0. The summed E-state index contributed by atoms with van der Waals surface area (Å²) >= 11 is 0. The average Bonchev–Trinajstić information content (AvgIpc) is 2.47. The Bertz CT molecular complexity index is 339. The van der Waals surface area contributed by atoms with Gasteiger partial charge in [0.05, 0.1) is 19.8 Å². The Morgan fingerprint density at radius 3 is 2.20 bits per heavy atom. The summed E-state index contributed by atoms with van der Waals surface area (Å²) in [6.45, 7) is 12.8. The van der Waals surface area contributed by atoms with Gasteiger partial charge in [0, 0.05) is 45.8 Å². The molecule has 5 heteroatoms. The predicted molar refractivity (Wildman–Crippen MR) is 79.7 cm³/mol. The van der Waals surface area contributed by atoms with E-state index in [1.807, 2.05) is 4.90 Å². The molecule has 1 amide bonds. The summed E-state index contributed by atoms with van der Waals surface area (Å²) in [5.41, 5.74) is 1.37. The summed E-state index contributed by atoms with van der Waals surface area (Å²) in [7, 11) is 0. The van der Waals surface area contributed by atoms with Crippen LogP contribution in [0.1, 0.15) is 13.8 Å². The van der Waals surface area contributed by atoms with E-state index in [0.717, 1.165) is 45.8 Å². The van der Waals surface area contributed by atoms with Crippen LogP contribution in [0.25, 0.3) is 0 Å². The fraction of sp³-hybridized carbons (Fsp3) is 0.800. The third kappa shape index (κ3) is 4.89. The molecule has 2 rings (SSSR count). The molecule has 0 radical (unpaired) electrons. The minimum atomic E-state index is 0.256. The molecule has 0 bridgehead atoms. The highest BCUT2D eigenvalue weighted by atomic mass is 16.5. The lowest BCUT2D eigenvalue weighted by atomic mass is 10.2. The van der Waals surface area contributed by atoms with Crippen LogP contribution in [0.4, 0.5) is 0 Å². The van der Waals surface area contributed by atoms with Crippen molar-refractivity contribution in [2.75, 3.05) is 65.6 Å². The first-order valence-electron chi connectivity index (χ1n) is 7.59. The van der Waals surface area contributed by atoms with Crippen molar-refractivity contribution in [2.24, 2.45) is 0 Å². The fourth-order valence-electron chi connectivity index (χ4n) is 2.55. The van der Waals surface area contributed by atoms with Gasteiger partial charge < -0.3 is 9.64 Å². The number of carbonyl (C=O) groups is 1. The maximum atomic E-state index is 12.2. The molecule has 20 heavy (non-hydrogen) atoms. The lowest BCUT2D eigenvalue weighted by Crippen LogP contribution is -2.51. The van der Waals surface area contributed by atoms with Gasteiger partial charge in [0.1, 0.15) is 0 Å². The van der Waals surface area contributed by atoms with Gasteiger partial charge in [0.25, 0.3) is 0 Å². The van der Waals surface area contributed by atoms with Gasteiger partial charge in [-0.15, -0.1) is 0 Å². The van der Waals surface area contributed by atoms with Crippen molar-refractivity contribution < 1.29 is 9.53 Å². The van der Waals surface area contributed by atoms with Gasteiger partial charge >= 0.3 is 0 Å². The average molecular weight is 281 g/mol. The van der Waals surface area contributed by atoms with Crippen LogP contribution in [-0.4, -0.2) is 86.2 Å². The molecule has 0 aromatic heterocycles. The van der Waals surface area contributed by atoms with Crippen molar-refractivity contribution >= 4 is 5.91 Å².